The number of nitrogens with zero attached hydrogens (tertiary/aromatic N) is 1. The Morgan fingerprint density at radius 3 is 2.32 bits per heavy atom. The van der Waals surface area contributed by atoms with Gasteiger partial charge >= 0.3 is 0 Å². The van der Waals surface area contributed by atoms with Crippen LogP contribution in [0.5, 0.6) is 0 Å². The molecule has 0 saturated carbocycles. The van der Waals surface area contributed by atoms with Crippen molar-refractivity contribution in [2.75, 3.05) is 6.54 Å². The molecule has 1 saturated heterocycles. The summed E-state index contributed by atoms with van der Waals surface area (Å²) in [6, 6.07) is 2.70. The molecule has 1 N–H and O–H groups in total. The van der Waals surface area contributed by atoms with Crippen molar-refractivity contribution in [2.45, 2.75) is 53.1 Å². The number of rotatable bonds is 4. The number of carbonyl (C=O) groups is 2. The van der Waals surface area contributed by atoms with Crippen LogP contribution in [0.1, 0.15) is 52.1 Å². The molecule has 1 aliphatic heterocycles. The lowest BCUT2D eigenvalue weighted by atomic mass is 9.65. The van der Waals surface area contributed by atoms with Gasteiger partial charge in [-0.2, -0.15) is 0 Å². The highest BCUT2D eigenvalue weighted by Gasteiger charge is 2.55. The van der Waals surface area contributed by atoms with Gasteiger partial charge < -0.3 is 14.6 Å². The number of amides is 2. The van der Waals surface area contributed by atoms with Gasteiger partial charge in [0.2, 0.25) is 5.91 Å². The molecular formula is C17H26N2O3. The molecule has 0 radical (unpaired) electrons. The third-order valence-corrected chi connectivity index (χ3v) is 5.11. The quantitative estimate of drug-likeness (QED) is 0.930. The fraction of sp³-hybridized carbons (Fsp3) is 0.647. The molecule has 1 atom stereocenters. The molecular weight excluding hydrogens is 280 g/mol. The fourth-order valence-corrected chi connectivity index (χ4v) is 2.72. The molecule has 0 unspecified atom stereocenters. The first kappa shape index (κ1) is 16.6. The Morgan fingerprint density at radius 2 is 1.91 bits per heavy atom. The van der Waals surface area contributed by atoms with Gasteiger partial charge in [0.15, 0.2) is 5.76 Å². The van der Waals surface area contributed by atoms with E-state index in [1.54, 1.807) is 12.1 Å². The highest BCUT2D eigenvalue weighted by molar-refractivity contribution is 5.96. The van der Waals surface area contributed by atoms with Crippen LogP contribution < -0.4 is 5.32 Å². The zero-order valence-electron chi connectivity index (χ0n) is 14.3. The summed E-state index contributed by atoms with van der Waals surface area (Å²) in [6.07, 6.45) is 1.45. The number of furan rings is 1. The van der Waals surface area contributed by atoms with Crippen molar-refractivity contribution < 1.29 is 14.0 Å². The van der Waals surface area contributed by atoms with E-state index in [9.17, 15) is 9.59 Å². The summed E-state index contributed by atoms with van der Waals surface area (Å²) in [5.74, 6) is -0.151. The van der Waals surface area contributed by atoms with Crippen LogP contribution in [0.4, 0.5) is 0 Å². The summed E-state index contributed by atoms with van der Waals surface area (Å²) in [5, 5.41) is 2.81. The summed E-state index contributed by atoms with van der Waals surface area (Å²) in [6.45, 7) is 13.0. The van der Waals surface area contributed by atoms with Crippen LogP contribution >= 0.6 is 0 Å². The molecule has 0 spiro atoms. The van der Waals surface area contributed by atoms with Crippen molar-refractivity contribution in [1.29, 1.82) is 0 Å². The van der Waals surface area contributed by atoms with Gasteiger partial charge in [-0.05, 0) is 31.9 Å². The van der Waals surface area contributed by atoms with E-state index in [0.29, 0.717) is 6.54 Å². The highest BCUT2D eigenvalue weighted by atomic mass is 16.3. The largest absolute Gasteiger partial charge is 0.459 e. The van der Waals surface area contributed by atoms with Gasteiger partial charge in [0, 0.05) is 17.5 Å². The predicted octanol–water partition coefficient (Wildman–Crippen LogP) is 2.68. The molecule has 1 aromatic heterocycles. The SMILES string of the molecule is CC(C)[C@@H](NC(=O)c1ccco1)C(=O)N1CC(C)(C)C1(C)C. The van der Waals surface area contributed by atoms with Gasteiger partial charge in [-0.15, -0.1) is 0 Å². The predicted molar refractivity (Wildman–Crippen MR) is 84.4 cm³/mol. The zero-order valence-corrected chi connectivity index (χ0v) is 14.3. The Kier molecular flexibility index (Phi) is 4.11. The molecule has 5 nitrogen and oxygen atoms in total. The number of hydrogen-bond acceptors (Lipinski definition) is 3. The van der Waals surface area contributed by atoms with Gasteiger partial charge in [0.25, 0.3) is 5.91 Å². The minimum Gasteiger partial charge on any atom is -0.459 e. The van der Waals surface area contributed by atoms with E-state index in [1.165, 1.54) is 6.26 Å². The average molecular weight is 306 g/mol. The summed E-state index contributed by atoms with van der Waals surface area (Å²) in [7, 11) is 0. The van der Waals surface area contributed by atoms with E-state index in [1.807, 2.05) is 18.7 Å². The molecule has 2 amide bonds. The third kappa shape index (κ3) is 2.64. The lowest BCUT2D eigenvalue weighted by Crippen LogP contribution is -2.73. The lowest BCUT2D eigenvalue weighted by molar-refractivity contribution is -0.170. The molecule has 1 aromatic rings. The molecule has 1 aliphatic rings. The minimum atomic E-state index is -0.548. The van der Waals surface area contributed by atoms with E-state index in [4.69, 9.17) is 4.42 Å². The second-order valence-electron chi connectivity index (χ2n) is 7.54. The first-order valence-corrected chi connectivity index (χ1v) is 7.74. The van der Waals surface area contributed by atoms with E-state index >= 15 is 0 Å². The minimum absolute atomic E-state index is 0.00549. The Bertz CT molecular complexity index is 558. The number of hydrogen-bond donors (Lipinski definition) is 1. The van der Waals surface area contributed by atoms with Crippen molar-refractivity contribution in [3.63, 3.8) is 0 Å². The fourth-order valence-electron chi connectivity index (χ4n) is 2.72. The van der Waals surface area contributed by atoms with E-state index < -0.39 is 6.04 Å². The van der Waals surface area contributed by atoms with E-state index in [2.05, 4.69) is 33.0 Å². The van der Waals surface area contributed by atoms with Crippen LogP contribution in [0.2, 0.25) is 0 Å². The van der Waals surface area contributed by atoms with Gasteiger partial charge in [0.1, 0.15) is 6.04 Å². The van der Waals surface area contributed by atoms with Crippen LogP contribution in [0.15, 0.2) is 22.8 Å². The van der Waals surface area contributed by atoms with Crippen molar-refractivity contribution in [2.24, 2.45) is 11.3 Å². The van der Waals surface area contributed by atoms with Crippen molar-refractivity contribution in [1.82, 2.24) is 10.2 Å². The summed E-state index contributed by atoms with van der Waals surface area (Å²) in [4.78, 5) is 26.9. The van der Waals surface area contributed by atoms with Gasteiger partial charge in [-0.3, -0.25) is 9.59 Å². The van der Waals surface area contributed by atoms with Gasteiger partial charge in [0.05, 0.1) is 6.26 Å². The van der Waals surface area contributed by atoms with Crippen LogP contribution in [0.3, 0.4) is 0 Å². The normalized spacial score (nSPS) is 20.4. The summed E-state index contributed by atoms with van der Waals surface area (Å²) >= 11 is 0. The molecule has 0 aromatic carbocycles. The molecule has 5 heteroatoms. The molecule has 0 aliphatic carbocycles. The average Bonchev–Trinajstić information content (AvgIpc) is 2.95. The van der Waals surface area contributed by atoms with Crippen LogP contribution in [-0.4, -0.2) is 34.8 Å². The monoisotopic (exact) mass is 306 g/mol. The molecule has 122 valence electrons. The Balaban J connectivity index is 2.12. The maximum atomic E-state index is 12.9. The van der Waals surface area contributed by atoms with Crippen molar-refractivity contribution >= 4 is 11.8 Å². The number of nitrogens with one attached hydrogen (secondary N) is 1. The smallest absolute Gasteiger partial charge is 0.287 e. The maximum absolute atomic E-state index is 12.9. The zero-order chi connectivity index (χ0) is 16.7. The Hall–Kier alpha value is -1.78. The second-order valence-corrected chi connectivity index (χ2v) is 7.54. The van der Waals surface area contributed by atoms with E-state index in [0.717, 1.165) is 0 Å². The summed E-state index contributed by atoms with van der Waals surface area (Å²) in [5.41, 5.74) is -0.137. The number of likely N-dealkylation sites (tertiary alicyclic amines) is 1. The van der Waals surface area contributed by atoms with Crippen molar-refractivity contribution in [3.8, 4) is 0 Å². The standard InChI is InChI=1S/C17H26N2O3/c1-11(2)13(18-14(20)12-8-7-9-22-12)15(21)19-10-16(3,4)17(19,5)6/h7-9,11,13H,10H2,1-6H3,(H,18,20)/t13-/m1/s1. The topological polar surface area (TPSA) is 62.6 Å². The Labute approximate surface area is 132 Å². The maximum Gasteiger partial charge on any atom is 0.287 e. The third-order valence-electron chi connectivity index (χ3n) is 5.11. The van der Waals surface area contributed by atoms with Gasteiger partial charge in [-0.1, -0.05) is 27.7 Å². The van der Waals surface area contributed by atoms with E-state index in [-0.39, 0.29) is 34.4 Å². The van der Waals surface area contributed by atoms with Crippen LogP contribution in [0.25, 0.3) is 0 Å². The molecule has 2 rings (SSSR count). The highest BCUT2D eigenvalue weighted by Crippen LogP contribution is 2.46. The number of carbonyl (C=O) groups excluding carboxylic acids is 2. The first-order valence-electron chi connectivity index (χ1n) is 7.74. The second kappa shape index (κ2) is 5.45. The van der Waals surface area contributed by atoms with Crippen LogP contribution in [0, 0.1) is 11.3 Å². The lowest BCUT2D eigenvalue weighted by Gasteiger charge is -2.62. The molecule has 1 fully saturated rings. The molecule has 0 bridgehead atoms. The Morgan fingerprint density at radius 1 is 1.27 bits per heavy atom. The summed E-state index contributed by atoms with van der Waals surface area (Å²) < 4.78 is 5.09. The van der Waals surface area contributed by atoms with Gasteiger partial charge in [-0.25, -0.2) is 0 Å². The van der Waals surface area contributed by atoms with Crippen molar-refractivity contribution in [3.05, 3.63) is 24.2 Å². The van der Waals surface area contributed by atoms with Crippen LogP contribution in [-0.2, 0) is 4.79 Å². The molecule has 22 heavy (non-hydrogen) atoms. The first-order chi connectivity index (χ1) is 10.1. The molecule has 2 heterocycles.